The fourth-order valence-corrected chi connectivity index (χ4v) is 2.83. The Morgan fingerprint density at radius 3 is 2.83 bits per heavy atom. The molecule has 0 radical (unpaired) electrons. The number of tetrazole rings is 1. The van der Waals surface area contributed by atoms with Crippen molar-refractivity contribution in [3.05, 3.63) is 14.3 Å². The van der Waals surface area contributed by atoms with Crippen LogP contribution in [0.2, 0.25) is 0 Å². The van der Waals surface area contributed by atoms with E-state index < -0.39 is 11.9 Å². The lowest BCUT2D eigenvalue weighted by Crippen LogP contribution is -2.23. The molecular formula is C10H11IN4O2S. The highest BCUT2D eigenvalue weighted by atomic mass is 127. The molecule has 2 atom stereocenters. The summed E-state index contributed by atoms with van der Waals surface area (Å²) in [6.45, 7) is 3.45. The molecule has 0 amide bonds. The predicted molar refractivity (Wildman–Crippen MR) is 75.4 cm³/mol. The van der Waals surface area contributed by atoms with Crippen LogP contribution in [0.1, 0.15) is 19.9 Å². The summed E-state index contributed by atoms with van der Waals surface area (Å²) in [5, 5.41) is 22.5. The maximum absolute atomic E-state index is 11.0. The van der Waals surface area contributed by atoms with Gasteiger partial charge >= 0.3 is 5.97 Å². The number of rotatable bonds is 4. The van der Waals surface area contributed by atoms with Crippen molar-refractivity contribution in [1.29, 1.82) is 0 Å². The highest BCUT2D eigenvalue weighted by Crippen LogP contribution is 2.27. The fourth-order valence-electron chi connectivity index (χ4n) is 1.50. The number of thiophene rings is 1. The SMILES string of the molecule is CC(C(=O)O)C(C)n1nnnc1-c1csc(I)c1. The van der Waals surface area contributed by atoms with Gasteiger partial charge in [-0.2, -0.15) is 0 Å². The highest BCUT2D eigenvalue weighted by molar-refractivity contribution is 14.1. The molecule has 96 valence electrons. The minimum Gasteiger partial charge on any atom is -0.481 e. The van der Waals surface area contributed by atoms with E-state index >= 15 is 0 Å². The van der Waals surface area contributed by atoms with Gasteiger partial charge in [0.25, 0.3) is 0 Å². The van der Waals surface area contributed by atoms with Gasteiger partial charge in [0.1, 0.15) is 0 Å². The van der Waals surface area contributed by atoms with E-state index in [1.807, 2.05) is 11.4 Å². The van der Waals surface area contributed by atoms with Crippen molar-refractivity contribution in [2.24, 2.45) is 5.92 Å². The molecule has 0 bridgehead atoms. The summed E-state index contributed by atoms with van der Waals surface area (Å²) in [7, 11) is 0. The van der Waals surface area contributed by atoms with Crippen LogP contribution in [0, 0.1) is 8.80 Å². The Morgan fingerprint density at radius 1 is 1.56 bits per heavy atom. The van der Waals surface area contributed by atoms with Crippen molar-refractivity contribution < 1.29 is 9.90 Å². The van der Waals surface area contributed by atoms with Crippen LogP contribution in [0.15, 0.2) is 11.4 Å². The number of hydrogen-bond donors (Lipinski definition) is 1. The molecule has 0 spiro atoms. The first-order chi connectivity index (χ1) is 8.50. The highest BCUT2D eigenvalue weighted by Gasteiger charge is 2.25. The van der Waals surface area contributed by atoms with Gasteiger partial charge in [-0.25, -0.2) is 4.68 Å². The zero-order valence-corrected chi connectivity index (χ0v) is 12.7. The monoisotopic (exact) mass is 378 g/mol. The van der Waals surface area contributed by atoms with Gasteiger partial charge in [-0.15, -0.1) is 16.4 Å². The van der Waals surface area contributed by atoms with E-state index in [2.05, 4.69) is 38.1 Å². The van der Waals surface area contributed by atoms with Crippen LogP contribution < -0.4 is 0 Å². The molecule has 0 aliphatic heterocycles. The summed E-state index contributed by atoms with van der Waals surface area (Å²) < 4.78 is 2.70. The third kappa shape index (κ3) is 2.53. The Bertz CT molecular complexity index is 568. The van der Waals surface area contributed by atoms with Gasteiger partial charge in [0.05, 0.1) is 14.8 Å². The lowest BCUT2D eigenvalue weighted by Gasteiger charge is -2.16. The first-order valence-corrected chi connectivity index (χ1v) is 7.21. The van der Waals surface area contributed by atoms with E-state index in [9.17, 15) is 4.79 Å². The quantitative estimate of drug-likeness (QED) is 0.826. The number of nitrogens with zero attached hydrogens (tertiary/aromatic N) is 4. The number of aromatic nitrogens is 4. The summed E-state index contributed by atoms with van der Waals surface area (Å²) in [5.74, 6) is -0.802. The zero-order valence-electron chi connectivity index (χ0n) is 9.74. The summed E-state index contributed by atoms with van der Waals surface area (Å²) in [6.07, 6.45) is 0. The lowest BCUT2D eigenvalue weighted by molar-refractivity contribution is -0.142. The van der Waals surface area contributed by atoms with Gasteiger partial charge in [-0.05, 0) is 52.9 Å². The molecule has 18 heavy (non-hydrogen) atoms. The third-order valence-electron chi connectivity index (χ3n) is 2.82. The average molecular weight is 378 g/mol. The van der Waals surface area contributed by atoms with Crippen molar-refractivity contribution >= 4 is 39.9 Å². The van der Waals surface area contributed by atoms with Gasteiger partial charge in [0.2, 0.25) is 0 Å². The molecular weight excluding hydrogens is 367 g/mol. The van der Waals surface area contributed by atoms with Gasteiger partial charge in [0.15, 0.2) is 5.82 Å². The second kappa shape index (κ2) is 5.31. The van der Waals surface area contributed by atoms with Gasteiger partial charge in [-0.1, -0.05) is 0 Å². The number of carboxylic acid groups (broad SMARTS) is 1. The molecule has 0 aliphatic rings. The molecule has 0 saturated carbocycles. The van der Waals surface area contributed by atoms with E-state index in [0.717, 1.165) is 8.45 Å². The molecule has 2 rings (SSSR count). The molecule has 2 heterocycles. The largest absolute Gasteiger partial charge is 0.481 e. The molecule has 0 fully saturated rings. The third-order valence-corrected chi connectivity index (χ3v) is 4.61. The van der Waals surface area contributed by atoms with Crippen molar-refractivity contribution in [2.45, 2.75) is 19.9 Å². The van der Waals surface area contributed by atoms with E-state index in [4.69, 9.17) is 5.11 Å². The minimum atomic E-state index is -0.858. The number of hydrogen-bond acceptors (Lipinski definition) is 5. The molecule has 6 nitrogen and oxygen atoms in total. The van der Waals surface area contributed by atoms with Gasteiger partial charge in [-0.3, -0.25) is 4.79 Å². The predicted octanol–water partition coefficient (Wildman–Crippen LogP) is 2.29. The van der Waals surface area contributed by atoms with Crippen LogP contribution >= 0.6 is 33.9 Å². The molecule has 0 saturated heterocycles. The average Bonchev–Trinajstić information content (AvgIpc) is 2.94. The molecule has 2 aromatic rings. The first-order valence-electron chi connectivity index (χ1n) is 5.25. The summed E-state index contributed by atoms with van der Waals surface area (Å²) in [6, 6.07) is 1.68. The van der Waals surface area contributed by atoms with Crippen LogP contribution in [0.4, 0.5) is 0 Å². The number of aliphatic carboxylic acids is 1. The van der Waals surface area contributed by atoms with E-state index in [1.54, 1.807) is 29.9 Å². The van der Waals surface area contributed by atoms with Crippen LogP contribution in [0.5, 0.6) is 0 Å². The smallest absolute Gasteiger partial charge is 0.308 e. The molecule has 2 aromatic heterocycles. The van der Waals surface area contributed by atoms with Crippen LogP contribution in [-0.2, 0) is 4.79 Å². The molecule has 1 N–H and O–H groups in total. The van der Waals surface area contributed by atoms with Crippen molar-refractivity contribution in [2.75, 3.05) is 0 Å². The minimum absolute atomic E-state index is 0.301. The first kappa shape index (κ1) is 13.4. The maximum atomic E-state index is 11.0. The fraction of sp³-hybridized carbons (Fsp3) is 0.400. The number of carboxylic acids is 1. The lowest BCUT2D eigenvalue weighted by atomic mass is 10.0. The maximum Gasteiger partial charge on any atom is 0.308 e. The Kier molecular flexibility index (Phi) is 3.95. The summed E-state index contributed by atoms with van der Waals surface area (Å²) in [4.78, 5) is 11.0. The topological polar surface area (TPSA) is 80.9 Å². The van der Waals surface area contributed by atoms with Crippen LogP contribution in [-0.4, -0.2) is 31.3 Å². The van der Waals surface area contributed by atoms with Crippen molar-refractivity contribution in [1.82, 2.24) is 20.2 Å². The van der Waals surface area contributed by atoms with E-state index in [0.29, 0.717) is 5.82 Å². The van der Waals surface area contributed by atoms with Gasteiger partial charge in [0, 0.05) is 10.9 Å². The standard InChI is InChI=1S/C10H11IN4O2S/c1-5(10(16)17)6(2)15-9(12-13-14-15)7-3-8(11)18-4-7/h3-6H,1-2H3,(H,16,17). The van der Waals surface area contributed by atoms with E-state index in [-0.39, 0.29) is 6.04 Å². The molecule has 0 aliphatic carbocycles. The molecule has 8 heteroatoms. The van der Waals surface area contributed by atoms with Crippen molar-refractivity contribution in [3.63, 3.8) is 0 Å². The second-order valence-electron chi connectivity index (χ2n) is 3.95. The van der Waals surface area contributed by atoms with Crippen LogP contribution in [0.25, 0.3) is 11.4 Å². The summed E-state index contributed by atoms with van der Waals surface area (Å²) in [5.41, 5.74) is 0.916. The van der Waals surface area contributed by atoms with Gasteiger partial charge < -0.3 is 5.11 Å². The number of carbonyl (C=O) groups is 1. The van der Waals surface area contributed by atoms with Crippen molar-refractivity contribution in [3.8, 4) is 11.4 Å². The normalized spacial score (nSPS) is 14.4. The Balaban J connectivity index is 2.36. The Labute approximate surface area is 121 Å². The molecule has 2 unspecified atom stereocenters. The Morgan fingerprint density at radius 2 is 2.28 bits per heavy atom. The van der Waals surface area contributed by atoms with E-state index in [1.165, 1.54) is 0 Å². The van der Waals surface area contributed by atoms with Crippen LogP contribution in [0.3, 0.4) is 0 Å². The molecule has 0 aromatic carbocycles. The summed E-state index contributed by atoms with van der Waals surface area (Å²) >= 11 is 3.82. The Hall–Kier alpha value is -1.03. The number of halogens is 1. The second-order valence-corrected chi connectivity index (χ2v) is 6.76. The zero-order chi connectivity index (χ0) is 13.3.